The van der Waals surface area contributed by atoms with E-state index in [4.69, 9.17) is 32.6 Å². The molecule has 2 aromatic carbocycles. The zero-order chi connectivity index (χ0) is 22.8. The molecule has 0 radical (unpaired) electrons. The van der Waals surface area contributed by atoms with Gasteiger partial charge < -0.3 is 14.4 Å². The smallest absolute Gasteiger partial charge is 0.343 e. The van der Waals surface area contributed by atoms with E-state index in [1.54, 1.807) is 23.1 Å². The summed E-state index contributed by atoms with van der Waals surface area (Å²) in [5.74, 6) is 1.15. The summed E-state index contributed by atoms with van der Waals surface area (Å²) in [4.78, 5) is 18.4. The number of urea groups is 1. The molecule has 1 fully saturated rings. The van der Waals surface area contributed by atoms with E-state index in [1.165, 1.54) is 7.05 Å². The molecule has 1 aliphatic rings. The highest BCUT2D eigenvalue weighted by Crippen LogP contribution is 2.40. The first-order valence-electron chi connectivity index (χ1n) is 10.2. The Morgan fingerprint density at radius 2 is 1.88 bits per heavy atom. The van der Waals surface area contributed by atoms with E-state index in [0.717, 1.165) is 11.1 Å². The molecule has 0 aliphatic carbocycles. The number of nitrogens with zero attached hydrogens (tertiary/aromatic N) is 3. The van der Waals surface area contributed by atoms with Crippen molar-refractivity contribution in [2.45, 2.75) is 25.4 Å². The van der Waals surface area contributed by atoms with Crippen LogP contribution >= 0.6 is 23.2 Å². The lowest BCUT2D eigenvalue weighted by Crippen LogP contribution is -2.43. The number of amides is 2. The quantitative estimate of drug-likeness (QED) is 0.387. The van der Waals surface area contributed by atoms with Gasteiger partial charge in [0.2, 0.25) is 0 Å². The van der Waals surface area contributed by atoms with E-state index in [1.807, 2.05) is 24.3 Å². The third-order valence-corrected chi connectivity index (χ3v) is 6.17. The Labute approximate surface area is 195 Å². The Morgan fingerprint density at radius 1 is 1.19 bits per heavy atom. The summed E-state index contributed by atoms with van der Waals surface area (Å²) in [5, 5.41) is 20.3. The minimum Gasteiger partial charge on any atom is -0.440 e. The highest BCUT2D eigenvalue weighted by Gasteiger charge is 2.30. The first kappa shape index (κ1) is 22.6. The molecule has 32 heavy (non-hydrogen) atoms. The Bertz CT molecular complexity index is 1110. The van der Waals surface area contributed by atoms with E-state index >= 15 is 0 Å². The van der Waals surface area contributed by atoms with Crippen LogP contribution in [-0.4, -0.2) is 51.4 Å². The summed E-state index contributed by atoms with van der Waals surface area (Å²) in [6.07, 6.45) is 1.33. The van der Waals surface area contributed by atoms with Gasteiger partial charge in [0, 0.05) is 42.2 Å². The molecule has 9 heteroatoms. The van der Waals surface area contributed by atoms with Crippen LogP contribution in [0.15, 0.2) is 46.9 Å². The normalized spacial score (nSPS) is 14.6. The van der Waals surface area contributed by atoms with E-state index in [0.29, 0.717) is 63.9 Å². The van der Waals surface area contributed by atoms with Gasteiger partial charge in [0.1, 0.15) is 5.69 Å². The molecular formula is C23H23Cl2N3O4. The fourth-order valence-corrected chi connectivity index (χ4v) is 4.35. The number of hydrogen-bond acceptors (Lipinski definition) is 5. The predicted octanol–water partition coefficient (Wildman–Crippen LogP) is 5.43. The molecule has 0 saturated carbocycles. The maximum atomic E-state index is 12.0. The maximum absolute atomic E-state index is 12.0. The molecule has 2 heterocycles. The molecule has 0 spiro atoms. The van der Waals surface area contributed by atoms with Crippen molar-refractivity contribution in [2.24, 2.45) is 0 Å². The molecular weight excluding hydrogens is 453 g/mol. The van der Waals surface area contributed by atoms with Crippen molar-refractivity contribution >= 4 is 29.2 Å². The fraction of sp³-hybridized carbons (Fsp3) is 0.304. The number of hydroxylamine groups is 2. The van der Waals surface area contributed by atoms with Gasteiger partial charge in [0.15, 0.2) is 11.7 Å². The Kier molecular flexibility index (Phi) is 6.71. The summed E-state index contributed by atoms with van der Waals surface area (Å²) < 4.78 is 6.26. The van der Waals surface area contributed by atoms with Crippen LogP contribution in [0.3, 0.4) is 0 Å². The number of likely N-dealkylation sites (tertiary alicyclic amines) is 1. The summed E-state index contributed by atoms with van der Waals surface area (Å²) >= 11 is 12.5. The van der Waals surface area contributed by atoms with E-state index < -0.39 is 6.03 Å². The van der Waals surface area contributed by atoms with Gasteiger partial charge in [-0.05, 0) is 36.6 Å². The second kappa shape index (κ2) is 9.50. The molecule has 0 atom stereocenters. The first-order valence-corrected chi connectivity index (χ1v) is 11.0. The zero-order valence-corrected chi connectivity index (χ0v) is 19.0. The summed E-state index contributed by atoms with van der Waals surface area (Å²) in [6, 6.07) is 12.2. The Morgan fingerprint density at radius 3 is 2.47 bits per heavy atom. The highest BCUT2D eigenvalue weighted by atomic mass is 35.5. The lowest BCUT2D eigenvalue weighted by atomic mass is 9.97. The number of halogens is 2. The van der Waals surface area contributed by atoms with Crippen LogP contribution in [0.5, 0.6) is 0 Å². The standard InChI is InChI=1S/C23H23Cl2N3O4/c1-27(31)23(30)28-10-8-16(9-11-28)22-26-20(15-4-2-14(13-29)3-5-15)21(32-22)18-7-6-17(24)12-19(18)25/h2-7,12,16,29,31H,8-11,13H2,1H3. The van der Waals surface area contributed by atoms with Gasteiger partial charge in [-0.25, -0.2) is 14.8 Å². The third-order valence-electron chi connectivity index (χ3n) is 5.62. The van der Waals surface area contributed by atoms with Crippen molar-refractivity contribution in [3.63, 3.8) is 0 Å². The molecule has 2 N–H and O–H groups in total. The highest BCUT2D eigenvalue weighted by molar-refractivity contribution is 6.36. The van der Waals surface area contributed by atoms with Gasteiger partial charge >= 0.3 is 6.03 Å². The number of rotatable bonds is 4. The van der Waals surface area contributed by atoms with Gasteiger partial charge in [0.25, 0.3) is 0 Å². The minimum atomic E-state index is -0.422. The topological polar surface area (TPSA) is 90.0 Å². The molecule has 168 valence electrons. The number of piperidine rings is 1. The molecule has 0 unspecified atom stereocenters. The van der Waals surface area contributed by atoms with E-state index in [9.17, 15) is 15.1 Å². The average Bonchev–Trinajstić information content (AvgIpc) is 3.23. The van der Waals surface area contributed by atoms with Crippen molar-refractivity contribution in [1.29, 1.82) is 0 Å². The average molecular weight is 476 g/mol. The Balaban J connectivity index is 1.69. The monoisotopic (exact) mass is 475 g/mol. The van der Waals surface area contributed by atoms with Gasteiger partial charge in [-0.15, -0.1) is 0 Å². The Hall–Kier alpha value is -2.58. The number of carbonyl (C=O) groups excluding carboxylic acids is 1. The summed E-state index contributed by atoms with van der Waals surface area (Å²) in [5.41, 5.74) is 2.98. The summed E-state index contributed by atoms with van der Waals surface area (Å²) in [6.45, 7) is 0.948. The molecule has 7 nitrogen and oxygen atoms in total. The number of aliphatic hydroxyl groups excluding tert-OH is 1. The van der Waals surface area contributed by atoms with Crippen molar-refractivity contribution in [2.75, 3.05) is 20.1 Å². The van der Waals surface area contributed by atoms with Crippen LogP contribution in [0, 0.1) is 0 Å². The van der Waals surface area contributed by atoms with E-state index in [2.05, 4.69) is 0 Å². The number of oxazole rings is 1. The van der Waals surface area contributed by atoms with E-state index in [-0.39, 0.29) is 12.5 Å². The minimum absolute atomic E-state index is 0.0262. The van der Waals surface area contributed by atoms with Crippen molar-refractivity contribution in [3.05, 3.63) is 64.0 Å². The maximum Gasteiger partial charge on any atom is 0.343 e. The molecule has 3 aromatic rings. The molecule has 1 aromatic heterocycles. The molecule has 1 aliphatic heterocycles. The van der Waals surface area contributed by atoms with Gasteiger partial charge in [-0.1, -0.05) is 47.5 Å². The van der Waals surface area contributed by atoms with Crippen LogP contribution in [0.1, 0.15) is 30.2 Å². The number of carbonyl (C=O) groups is 1. The SMILES string of the molecule is CN(O)C(=O)N1CCC(c2nc(-c3ccc(CO)cc3)c(-c3ccc(Cl)cc3Cl)o2)CC1. The van der Waals surface area contributed by atoms with Crippen LogP contribution in [0.2, 0.25) is 10.0 Å². The van der Waals surface area contributed by atoms with Crippen LogP contribution in [0.25, 0.3) is 22.6 Å². The third kappa shape index (κ3) is 4.61. The largest absolute Gasteiger partial charge is 0.440 e. The molecule has 2 amide bonds. The van der Waals surface area contributed by atoms with Crippen molar-refractivity contribution in [1.82, 2.24) is 14.9 Å². The molecule has 1 saturated heterocycles. The van der Waals surface area contributed by atoms with Gasteiger partial charge in [0.05, 0.1) is 11.6 Å². The predicted molar refractivity (Wildman–Crippen MR) is 122 cm³/mol. The summed E-state index contributed by atoms with van der Waals surface area (Å²) in [7, 11) is 1.32. The second-order valence-electron chi connectivity index (χ2n) is 7.78. The van der Waals surface area contributed by atoms with Crippen LogP contribution in [0.4, 0.5) is 4.79 Å². The molecule has 0 bridgehead atoms. The second-order valence-corrected chi connectivity index (χ2v) is 8.62. The fourth-order valence-electron chi connectivity index (χ4n) is 3.85. The van der Waals surface area contributed by atoms with Crippen molar-refractivity contribution in [3.8, 4) is 22.6 Å². The lowest BCUT2D eigenvalue weighted by molar-refractivity contribution is -0.0358. The van der Waals surface area contributed by atoms with Crippen molar-refractivity contribution < 1.29 is 19.5 Å². The first-order chi connectivity index (χ1) is 15.4. The van der Waals surface area contributed by atoms with Gasteiger partial charge in [-0.3, -0.25) is 5.21 Å². The van der Waals surface area contributed by atoms with Crippen LogP contribution < -0.4 is 0 Å². The lowest BCUT2D eigenvalue weighted by Gasteiger charge is -2.31. The number of aromatic nitrogens is 1. The zero-order valence-electron chi connectivity index (χ0n) is 17.5. The van der Waals surface area contributed by atoms with Crippen LogP contribution in [-0.2, 0) is 6.61 Å². The number of hydrogen-bond donors (Lipinski definition) is 2. The van der Waals surface area contributed by atoms with Gasteiger partial charge in [-0.2, -0.15) is 0 Å². The number of aliphatic hydroxyl groups is 1. The molecule has 4 rings (SSSR count). The number of benzene rings is 2.